The van der Waals surface area contributed by atoms with Crippen molar-refractivity contribution >= 4 is 29.0 Å². The average Bonchev–Trinajstić information content (AvgIpc) is 2.95. The van der Waals surface area contributed by atoms with E-state index in [4.69, 9.17) is 11.6 Å². The Hall–Kier alpha value is -2.92. The molecule has 26 heavy (non-hydrogen) atoms. The van der Waals surface area contributed by atoms with Crippen molar-refractivity contribution in [3.05, 3.63) is 82.4 Å². The summed E-state index contributed by atoms with van der Waals surface area (Å²) in [7, 11) is 3.41. The minimum absolute atomic E-state index is 0.148. The second-order valence-electron chi connectivity index (χ2n) is 6.03. The van der Waals surface area contributed by atoms with Crippen LogP contribution in [0.3, 0.4) is 0 Å². The highest BCUT2D eigenvalue weighted by Gasteiger charge is 2.24. The van der Waals surface area contributed by atoms with Crippen molar-refractivity contribution in [3.8, 4) is 0 Å². The zero-order valence-electron chi connectivity index (χ0n) is 14.7. The first-order valence-corrected chi connectivity index (χ1v) is 8.42. The van der Waals surface area contributed by atoms with Crippen LogP contribution in [0.25, 0.3) is 0 Å². The van der Waals surface area contributed by atoms with Gasteiger partial charge in [-0.15, -0.1) is 0 Å². The summed E-state index contributed by atoms with van der Waals surface area (Å²) in [5, 5.41) is 0.569. The Kier molecular flexibility index (Phi) is 4.91. The van der Waals surface area contributed by atoms with Crippen molar-refractivity contribution in [1.29, 1.82) is 0 Å². The minimum atomic E-state index is -0.209. The van der Waals surface area contributed by atoms with Crippen molar-refractivity contribution in [2.45, 2.75) is 6.92 Å². The van der Waals surface area contributed by atoms with Gasteiger partial charge in [-0.1, -0.05) is 11.6 Å². The van der Waals surface area contributed by atoms with Gasteiger partial charge < -0.3 is 9.47 Å². The first-order valence-electron chi connectivity index (χ1n) is 8.05. The molecule has 0 fully saturated rings. The van der Waals surface area contributed by atoms with E-state index in [1.165, 1.54) is 4.90 Å². The predicted octanol–water partition coefficient (Wildman–Crippen LogP) is 3.89. The van der Waals surface area contributed by atoms with E-state index < -0.39 is 0 Å². The molecule has 132 valence electrons. The highest BCUT2D eigenvalue weighted by atomic mass is 35.5. The predicted molar refractivity (Wildman–Crippen MR) is 102 cm³/mol. The van der Waals surface area contributed by atoms with Gasteiger partial charge >= 0.3 is 0 Å². The lowest BCUT2D eigenvalue weighted by Crippen LogP contribution is -2.28. The lowest BCUT2D eigenvalue weighted by molar-refractivity contribution is 0.0984. The molecule has 0 aliphatic rings. The van der Waals surface area contributed by atoms with Crippen LogP contribution >= 0.6 is 11.6 Å². The Morgan fingerprint density at radius 1 is 1.15 bits per heavy atom. The zero-order chi connectivity index (χ0) is 18.8. The SMILES string of the molecule is Cc1cc(C(=O)N(C)c2cccnc2)n(C)c1C(=O)c1ccc(Cl)cc1. The first-order chi connectivity index (χ1) is 12.4. The molecule has 3 rings (SSSR count). The second-order valence-corrected chi connectivity index (χ2v) is 6.47. The van der Waals surface area contributed by atoms with E-state index in [9.17, 15) is 9.59 Å². The zero-order valence-corrected chi connectivity index (χ0v) is 15.5. The molecule has 0 unspecified atom stereocenters. The number of ketones is 1. The summed E-state index contributed by atoms with van der Waals surface area (Å²) in [5.41, 5.74) is 2.87. The van der Waals surface area contributed by atoms with Crippen LogP contribution < -0.4 is 4.90 Å². The van der Waals surface area contributed by atoms with E-state index >= 15 is 0 Å². The number of hydrogen-bond donors (Lipinski definition) is 0. The molecular formula is C20H18ClN3O2. The molecule has 0 spiro atoms. The molecule has 0 saturated carbocycles. The maximum Gasteiger partial charge on any atom is 0.274 e. The third kappa shape index (κ3) is 3.26. The van der Waals surface area contributed by atoms with Gasteiger partial charge in [0.15, 0.2) is 0 Å². The standard InChI is InChI=1S/C20H18ClN3O2/c1-13-11-17(20(26)23(2)16-5-4-10-22-12-16)24(3)18(13)19(25)14-6-8-15(21)9-7-14/h4-12H,1-3H3. The molecule has 0 saturated heterocycles. The van der Waals surface area contributed by atoms with E-state index in [0.29, 0.717) is 27.7 Å². The Morgan fingerprint density at radius 3 is 2.46 bits per heavy atom. The average molecular weight is 368 g/mol. The van der Waals surface area contributed by atoms with Crippen LogP contribution in [0.15, 0.2) is 54.9 Å². The largest absolute Gasteiger partial charge is 0.337 e. The van der Waals surface area contributed by atoms with E-state index in [0.717, 1.165) is 5.56 Å². The molecule has 0 radical (unpaired) electrons. The van der Waals surface area contributed by atoms with Crippen molar-refractivity contribution in [2.24, 2.45) is 7.05 Å². The fraction of sp³-hybridized carbons (Fsp3) is 0.150. The molecule has 2 aromatic heterocycles. The molecule has 1 amide bonds. The fourth-order valence-corrected chi connectivity index (χ4v) is 3.00. The van der Waals surface area contributed by atoms with Crippen molar-refractivity contribution in [3.63, 3.8) is 0 Å². The first kappa shape index (κ1) is 17.9. The smallest absolute Gasteiger partial charge is 0.274 e. The quantitative estimate of drug-likeness (QED) is 0.657. The fourth-order valence-electron chi connectivity index (χ4n) is 2.87. The van der Waals surface area contributed by atoms with Gasteiger partial charge in [0.1, 0.15) is 5.69 Å². The number of hydrogen-bond acceptors (Lipinski definition) is 3. The van der Waals surface area contributed by atoms with Gasteiger partial charge in [-0.3, -0.25) is 14.6 Å². The number of nitrogens with zero attached hydrogens (tertiary/aromatic N) is 3. The van der Waals surface area contributed by atoms with Gasteiger partial charge in [-0.25, -0.2) is 0 Å². The van der Waals surface area contributed by atoms with Gasteiger partial charge in [0.05, 0.1) is 17.6 Å². The maximum absolute atomic E-state index is 12.9. The highest BCUT2D eigenvalue weighted by molar-refractivity contribution is 6.30. The monoisotopic (exact) mass is 367 g/mol. The van der Waals surface area contributed by atoms with Crippen molar-refractivity contribution in [2.75, 3.05) is 11.9 Å². The summed E-state index contributed by atoms with van der Waals surface area (Å²) in [6, 6.07) is 12.0. The number of anilines is 1. The number of benzene rings is 1. The van der Waals surface area contributed by atoms with Crippen LogP contribution in [0, 0.1) is 6.92 Å². The lowest BCUT2D eigenvalue weighted by atomic mass is 10.1. The third-order valence-electron chi connectivity index (χ3n) is 4.30. The lowest BCUT2D eigenvalue weighted by Gasteiger charge is -2.17. The third-order valence-corrected chi connectivity index (χ3v) is 4.55. The van der Waals surface area contributed by atoms with Crippen LogP contribution in [-0.2, 0) is 7.05 Å². The molecule has 0 aliphatic heterocycles. The van der Waals surface area contributed by atoms with Crippen LogP contribution in [0.2, 0.25) is 5.02 Å². The van der Waals surface area contributed by atoms with Gasteiger partial charge in [0.25, 0.3) is 5.91 Å². The van der Waals surface area contributed by atoms with E-state index in [1.807, 2.05) is 6.92 Å². The molecule has 0 aliphatic carbocycles. The molecule has 6 heteroatoms. The number of aryl methyl sites for hydroxylation is 1. The maximum atomic E-state index is 12.9. The number of aromatic nitrogens is 2. The molecule has 5 nitrogen and oxygen atoms in total. The molecule has 1 aromatic carbocycles. The van der Waals surface area contributed by atoms with E-state index in [1.54, 1.807) is 73.5 Å². The van der Waals surface area contributed by atoms with Gasteiger partial charge in [0, 0.05) is 30.9 Å². The van der Waals surface area contributed by atoms with Crippen LogP contribution in [0.5, 0.6) is 0 Å². The minimum Gasteiger partial charge on any atom is -0.337 e. The number of carbonyl (C=O) groups is 2. The Morgan fingerprint density at radius 2 is 1.85 bits per heavy atom. The van der Waals surface area contributed by atoms with Crippen LogP contribution in [-0.4, -0.2) is 28.3 Å². The van der Waals surface area contributed by atoms with Gasteiger partial charge in [-0.2, -0.15) is 0 Å². The Labute approximate surface area is 156 Å². The van der Waals surface area contributed by atoms with Crippen molar-refractivity contribution in [1.82, 2.24) is 9.55 Å². The summed E-state index contributed by atoms with van der Waals surface area (Å²) < 4.78 is 1.64. The second kappa shape index (κ2) is 7.14. The normalized spacial score (nSPS) is 10.6. The van der Waals surface area contributed by atoms with Crippen LogP contribution in [0.1, 0.15) is 32.1 Å². The summed E-state index contributed by atoms with van der Waals surface area (Å²) in [6.07, 6.45) is 3.27. The van der Waals surface area contributed by atoms with Crippen molar-refractivity contribution < 1.29 is 9.59 Å². The Bertz CT molecular complexity index is 963. The van der Waals surface area contributed by atoms with E-state index in [-0.39, 0.29) is 11.7 Å². The molecule has 2 heterocycles. The van der Waals surface area contributed by atoms with Gasteiger partial charge in [-0.05, 0) is 55.0 Å². The molecule has 0 atom stereocenters. The summed E-state index contributed by atoms with van der Waals surface area (Å²) in [6.45, 7) is 1.82. The summed E-state index contributed by atoms with van der Waals surface area (Å²) in [4.78, 5) is 31.3. The molecule has 0 N–H and O–H groups in total. The molecule has 0 bridgehead atoms. The summed E-state index contributed by atoms with van der Waals surface area (Å²) >= 11 is 5.89. The van der Waals surface area contributed by atoms with E-state index in [2.05, 4.69) is 4.98 Å². The Balaban J connectivity index is 1.96. The number of amides is 1. The highest BCUT2D eigenvalue weighted by Crippen LogP contribution is 2.22. The number of carbonyl (C=O) groups excluding carboxylic acids is 2. The topological polar surface area (TPSA) is 55.2 Å². The van der Waals surface area contributed by atoms with Crippen LogP contribution in [0.4, 0.5) is 5.69 Å². The molecule has 3 aromatic rings. The molecular weight excluding hydrogens is 350 g/mol. The number of rotatable bonds is 4. The summed E-state index contributed by atoms with van der Waals surface area (Å²) in [5.74, 6) is -0.358. The number of halogens is 1. The number of pyridine rings is 1. The van der Waals surface area contributed by atoms with Gasteiger partial charge in [0.2, 0.25) is 5.78 Å².